The van der Waals surface area contributed by atoms with E-state index >= 15 is 0 Å². The van der Waals surface area contributed by atoms with Gasteiger partial charge in [0.25, 0.3) is 5.91 Å². The van der Waals surface area contributed by atoms with Crippen molar-refractivity contribution in [2.45, 2.75) is 11.9 Å². The van der Waals surface area contributed by atoms with E-state index in [1.165, 1.54) is 11.8 Å². The average Bonchev–Trinajstić information content (AvgIpc) is 2.24. The van der Waals surface area contributed by atoms with Gasteiger partial charge in [0.1, 0.15) is 5.03 Å². The summed E-state index contributed by atoms with van der Waals surface area (Å²) in [5.41, 5.74) is 0.488. The van der Waals surface area contributed by atoms with Crippen molar-refractivity contribution in [1.82, 2.24) is 15.3 Å². The lowest BCUT2D eigenvalue weighted by molar-refractivity contribution is 0.0953. The maximum atomic E-state index is 11.8. The molecule has 1 rings (SSSR count). The maximum Gasteiger partial charge on any atom is 0.346 e. The molecule has 0 fully saturated rings. The Morgan fingerprint density at radius 1 is 1.69 bits per heavy atom. The Balaban J connectivity index is 3.15. The zero-order valence-corrected chi connectivity index (χ0v) is 9.98. The SMILES string of the molecule is C=CCNC(=O)c1c(SC)nc(=O)[nH]c1C. The fourth-order valence-corrected chi connectivity index (χ4v) is 1.85. The summed E-state index contributed by atoms with van der Waals surface area (Å²) in [5, 5.41) is 3.08. The highest BCUT2D eigenvalue weighted by molar-refractivity contribution is 7.98. The molecule has 5 nitrogen and oxygen atoms in total. The molecule has 0 spiro atoms. The number of aryl methyl sites for hydroxylation is 1. The molecule has 0 unspecified atom stereocenters. The highest BCUT2D eigenvalue weighted by atomic mass is 32.2. The van der Waals surface area contributed by atoms with Gasteiger partial charge in [-0.15, -0.1) is 18.3 Å². The molecule has 1 amide bonds. The summed E-state index contributed by atoms with van der Waals surface area (Å²) in [5.74, 6) is -0.259. The fraction of sp³-hybridized carbons (Fsp3) is 0.300. The van der Waals surface area contributed by atoms with Crippen LogP contribution in [0, 0.1) is 6.92 Å². The minimum absolute atomic E-state index is 0.259. The standard InChI is InChI=1S/C10H13N3O2S/c1-4-5-11-8(14)7-6(2)12-10(15)13-9(7)16-3/h4H,1,5H2,2-3H3,(H,11,14)(H,12,13,15). The van der Waals surface area contributed by atoms with Gasteiger partial charge in [0.15, 0.2) is 0 Å². The fourth-order valence-electron chi connectivity index (χ4n) is 1.23. The quantitative estimate of drug-likeness (QED) is 0.461. The lowest BCUT2D eigenvalue weighted by atomic mass is 10.2. The topological polar surface area (TPSA) is 74.8 Å². The number of nitrogens with one attached hydrogen (secondary N) is 2. The first-order valence-corrected chi connectivity index (χ1v) is 5.86. The second-order valence-corrected chi connectivity index (χ2v) is 3.84. The van der Waals surface area contributed by atoms with Crippen LogP contribution in [0.15, 0.2) is 22.5 Å². The van der Waals surface area contributed by atoms with Crippen LogP contribution in [0.4, 0.5) is 0 Å². The first kappa shape index (κ1) is 12.5. The number of thioether (sulfide) groups is 1. The molecule has 86 valence electrons. The Labute approximate surface area is 97.4 Å². The number of aromatic amines is 1. The van der Waals surface area contributed by atoms with E-state index in [9.17, 15) is 9.59 Å². The number of nitrogens with zero attached hydrogens (tertiary/aromatic N) is 1. The molecule has 2 N–H and O–H groups in total. The second-order valence-electron chi connectivity index (χ2n) is 3.05. The summed E-state index contributed by atoms with van der Waals surface area (Å²) < 4.78 is 0. The average molecular weight is 239 g/mol. The smallest absolute Gasteiger partial charge is 0.346 e. The summed E-state index contributed by atoms with van der Waals surface area (Å²) in [6.07, 6.45) is 3.36. The zero-order valence-electron chi connectivity index (χ0n) is 9.16. The van der Waals surface area contributed by atoms with Crippen LogP contribution in [-0.4, -0.2) is 28.7 Å². The van der Waals surface area contributed by atoms with Crippen LogP contribution in [0.1, 0.15) is 16.1 Å². The Kier molecular flexibility index (Phi) is 4.30. The Morgan fingerprint density at radius 2 is 2.38 bits per heavy atom. The molecule has 0 aliphatic heterocycles. The zero-order chi connectivity index (χ0) is 12.1. The first-order chi connectivity index (χ1) is 7.60. The van der Waals surface area contributed by atoms with E-state index in [-0.39, 0.29) is 5.91 Å². The molecule has 0 aliphatic carbocycles. The van der Waals surface area contributed by atoms with E-state index in [0.717, 1.165) is 0 Å². The number of amides is 1. The second kappa shape index (κ2) is 5.50. The molecule has 0 aromatic carbocycles. The van der Waals surface area contributed by atoms with Gasteiger partial charge in [-0.2, -0.15) is 4.98 Å². The number of carbonyl (C=O) groups is 1. The van der Waals surface area contributed by atoms with Gasteiger partial charge in [-0.3, -0.25) is 4.79 Å². The van der Waals surface area contributed by atoms with Gasteiger partial charge in [0.2, 0.25) is 0 Å². The molecule has 1 heterocycles. The number of hydrogen-bond acceptors (Lipinski definition) is 4. The van der Waals surface area contributed by atoms with Crippen molar-refractivity contribution in [3.63, 3.8) is 0 Å². The van der Waals surface area contributed by atoms with Crippen LogP contribution in [0.25, 0.3) is 0 Å². The van der Waals surface area contributed by atoms with Crippen molar-refractivity contribution in [2.24, 2.45) is 0 Å². The third-order valence-electron chi connectivity index (χ3n) is 1.91. The van der Waals surface area contributed by atoms with E-state index in [1.807, 2.05) is 0 Å². The summed E-state index contributed by atoms with van der Waals surface area (Å²) in [6.45, 7) is 5.56. The predicted octanol–water partition coefficient (Wildman–Crippen LogP) is 0.716. The van der Waals surface area contributed by atoms with E-state index in [1.54, 1.807) is 19.3 Å². The van der Waals surface area contributed by atoms with Crippen molar-refractivity contribution in [1.29, 1.82) is 0 Å². The highest BCUT2D eigenvalue weighted by Crippen LogP contribution is 2.17. The van der Waals surface area contributed by atoms with E-state index < -0.39 is 5.69 Å². The van der Waals surface area contributed by atoms with Gasteiger partial charge < -0.3 is 10.3 Å². The first-order valence-electron chi connectivity index (χ1n) is 4.64. The number of aromatic nitrogens is 2. The van der Waals surface area contributed by atoms with Crippen molar-refractivity contribution in [2.75, 3.05) is 12.8 Å². The normalized spacial score (nSPS) is 9.88. The van der Waals surface area contributed by atoms with Crippen molar-refractivity contribution < 1.29 is 4.79 Å². The van der Waals surface area contributed by atoms with Gasteiger partial charge in [-0.25, -0.2) is 4.79 Å². The summed E-state index contributed by atoms with van der Waals surface area (Å²) in [7, 11) is 0. The van der Waals surface area contributed by atoms with E-state index in [0.29, 0.717) is 22.8 Å². The highest BCUT2D eigenvalue weighted by Gasteiger charge is 2.15. The monoisotopic (exact) mass is 239 g/mol. The minimum Gasteiger partial charge on any atom is -0.348 e. The van der Waals surface area contributed by atoms with Crippen LogP contribution in [0.5, 0.6) is 0 Å². The maximum absolute atomic E-state index is 11.8. The third-order valence-corrected chi connectivity index (χ3v) is 2.60. The molecule has 0 saturated heterocycles. The van der Waals surface area contributed by atoms with Crippen molar-refractivity contribution >= 4 is 17.7 Å². The summed E-state index contributed by atoms with van der Waals surface area (Å²) in [4.78, 5) is 29.2. The molecule has 6 heteroatoms. The predicted molar refractivity (Wildman–Crippen MR) is 63.9 cm³/mol. The van der Waals surface area contributed by atoms with Gasteiger partial charge >= 0.3 is 5.69 Å². The lowest BCUT2D eigenvalue weighted by Crippen LogP contribution is -2.27. The number of H-pyrrole nitrogens is 1. The van der Waals surface area contributed by atoms with Crippen LogP contribution < -0.4 is 11.0 Å². The van der Waals surface area contributed by atoms with E-state index in [2.05, 4.69) is 21.9 Å². The molecule has 1 aromatic rings. The Bertz CT molecular complexity index is 468. The van der Waals surface area contributed by atoms with Gasteiger partial charge in [0.05, 0.1) is 5.56 Å². The summed E-state index contributed by atoms with van der Waals surface area (Å²) in [6, 6.07) is 0. The molecular formula is C10H13N3O2S. The van der Waals surface area contributed by atoms with Gasteiger partial charge in [-0.1, -0.05) is 6.08 Å². The Hall–Kier alpha value is -1.56. The van der Waals surface area contributed by atoms with E-state index in [4.69, 9.17) is 0 Å². The molecule has 0 saturated carbocycles. The number of rotatable bonds is 4. The summed E-state index contributed by atoms with van der Waals surface area (Å²) >= 11 is 1.27. The number of hydrogen-bond donors (Lipinski definition) is 2. The lowest BCUT2D eigenvalue weighted by Gasteiger charge is -2.08. The Morgan fingerprint density at radius 3 is 2.94 bits per heavy atom. The minimum atomic E-state index is -0.442. The van der Waals surface area contributed by atoms with Crippen LogP contribution in [-0.2, 0) is 0 Å². The van der Waals surface area contributed by atoms with Crippen molar-refractivity contribution in [3.05, 3.63) is 34.4 Å². The van der Waals surface area contributed by atoms with Crippen LogP contribution >= 0.6 is 11.8 Å². The molecule has 1 aromatic heterocycles. The van der Waals surface area contributed by atoms with Gasteiger partial charge in [-0.05, 0) is 13.2 Å². The molecule has 0 bridgehead atoms. The molecule has 0 aliphatic rings. The van der Waals surface area contributed by atoms with Gasteiger partial charge in [0, 0.05) is 12.2 Å². The molecule has 0 radical (unpaired) electrons. The number of carbonyl (C=O) groups excluding carboxylic acids is 1. The largest absolute Gasteiger partial charge is 0.348 e. The van der Waals surface area contributed by atoms with Crippen LogP contribution in [0.2, 0.25) is 0 Å². The van der Waals surface area contributed by atoms with Crippen LogP contribution in [0.3, 0.4) is 0 Å². The molecule has 16 heavy (non-hydrogen) atoms. The molecule has 0 atom stereocenters. The third kappa shape index (κ3) is 2.73. The molecular weight excluding hydrogens is 226 g/mol. The van der Waals surface area contributed by atoms with Crippen molar-refractivity contribution in [3.8, 4) is 0 Å².